The Morgan fingerprint density at radius 2 is 1.81 bits per heavy atom. The second-order valence-electron chi connectivity index (χ2n) is 7.17. The minimum Gasteiger partial charge on any atom is -0.378 e. The first kappa shape index (κ1) is 24.2. The Hall–Kier alpha value is -0.850. The van der Waals surface area contributed by atoms with Gasteiger partial charge in [0.1, 0.15) is 0 Å². The zero-order valence-electron chi connectivity index (χ0n) is 16.0. The van der Waals surface area contributed by atoms with Gasteiger partial charge >= 0.3 is 0 Å². The Balaban J connectivity index is 0.00000182. The van der Waals surface area contributed by atoms with Crippen molar-refractivity contribution in [3.05, 3.63) is 35.4 Å². The van der Waals surface area contributed by atoms with Gasteiger partial charge in [0, 0.05) is 32.1 Å². The normalized spacial score (nSPS) is 20.7. The summed E-state index contributed by atoms with van der Waals surface area (Å²) in [5, 5.41) is 6.41. The molecule has 1 aromatic rings. The molecule has 0 aromatic heterocycles. The predicted octanol–water partition coefficient (Wildman–Crippen LogP) is 2.90. The Morgan fingerprint density at radius 1 is 1.11 bits per heavy atom. The number of ether oxygens (including phenoxy) is 1. The van der Waals surface area contributed by atoms with Gasteiger partial charge in [-0.2, -0.15) is 0 Å². The third kappa shape index (κ3) is 8.36. The van der Waals surface area contributed by atoms with Crippen molar-refractivity contribution in [2.24, 2.45) is 0 Å². The van der Waals surface area contributed by atoms with Crippen molar-refractivity contribution in [1.82, 2.24) is 15.5 Å². The van der Waals surface area contributed by atoms with Gasteiger partial charge in [-0.1, -0.05) is 37.1 Å². The molecule has 1 aromatic carbocycles. The van der Waals surface area contributed by atoms with E-state index in [0.717, 1.165) is 19.7 Å². The van der Waals surface area contributed by atoms with Gasteiger partial charge in [-0.3, -0.25) is 9.69 Å². The standard InChI is InChI=1S/C20H31N3O2.2ClH/c24-20(13-19-16-25-12-9-21-19)22-14-17-7-3-4-8-18(17)15-23-10-5-1-2-6-11-23;;/h3-4,7-8,19,21H,1-2,5-6,9-16H2,(H,22,24);2*1H. The Morgan fingerprint density at radius 3 is 2.48 bits per heavy atom. The number of nitrogens with one attached hydrogen (secondary N) is 2. The van der Waals surface area contributed by atoms with Crippen molar-refractivity contribution in [1.29, 1.82) is 0 Å². The molecule has 3 rings (SSSR count). The number of rotatable bonds is 6. The summed E-state index contributed by atoms with van der Waals surface area (Å²) in [4.78, 5) is 14.8. The molecule has 1 unspecified atom stereocenters. The lowest BCUT2D eigenvalue weighted by atomic mass is 10.1. The zero-order valence-corrected chi connectivity index (χ0v) is 17.6. The van der Waals surface area contributed by atoms with Gasteiger partial charge in [0.25, 0.3) is 0 Å². The fraction of sp³-hybridized carbons (Fsp3) is 0.650. The molecule has 2 N–H and O–H groups in total. The lowest BCUT2D eigenvalue weighted by molar-refractivity contribution is -0.122. The minimum atomic E-state index is 0. The molecule has 0 spiro atoms. The maximum absolute atomic E-state index is 12.2. The number of carbonyl (C=O) groups excluding carboxylic acids is 1. The summed E-state index contributed by atoms with van der Waals surface area (Å²) in [6.45, 7) is 6.17. The highest BCUT2D eigenvalue weighted by atomic mass is 35.5. The van der Waals surface area contributed by atoms with Gasteiger partial charge in [0.15, 0.2) is 0 Å². The molecule has 0 aliphatic carbocycles. The highest BCUT2D eigenvalue weighted by molar-refractivity contribution is 5.85. The number of hydrogen-bond acceptors (Lipinski definition) is 4. The van der Waals surface area contributed by atoms with Crippen molar-refractivity contribution in [3.8, 4) is 0 Å². The Kier molecular flexibility index (Phi) is 12.0. The average molecular weight is 418 g/mol. The van der Waals surface area contributed by atoms with Crippen LogP contribution in [0.1, 0.15) is 43.2 Å². The fourth-order valence-corrected chi connectivity index (χ4v) is 3.66. The molecule has 27 heavy (non-hydrogen) atoms. The van der Waals surface area contributed by atoms with Crippen molar-refractivity contribution >= 4 is 30.7 Å². The number of hydrogen-bond donors (Lipinski definition) is 2. The third-order valence-electron chi connectivity index (χ3n) is 5.12. The Labute approximate surface area is 175 Å². The van der Waals surface area contributed by atoms with Gasteiger partial charge in [0.05, 0.1) is 13.2 Å². The molecule has 2 saturated heterocycles. The van der Waals surface area contributed by atoms with Crippen molar-refractivity contribution in [2.45, 2.75) is 51.2 Å². The molecule has 1 atom stereocenters. The topological polar surface area (TPSA) is 53.6 Å². The summed E-state index contributed by atoms with van der Waals surface area (Å²) in [6.07, 6.45) is 5.79. The maximum Gasteiger partial charge on any atom is 0.221 e. The monoisotopic (exact) mass is 417 g/mol. The molecule has 2 aliphatic rings. The van der Waals surface area contributed by atoms with E-state index in [1.54, 1.807) is 0 Å². The number of likely N-dealkylation sites (tertiary alicyclic amines) is 1. The largest absolute Gasteiger partial charge is 0.378 e. The number of amides is 1. The van der Waals surface area contributed by atoms with Crippen LogP contribution in [0.15, 0.2) is 24.3 Å². The average Bonchev–Trinajstić information content (AvgIpc) is 2.90. The number of morpholine rings is 1. The van der Waals surface area contributed by atoms with E-state index in [-0.39, 0.29) is 36.8 Å². The molecular formula is C20H33Cl2N3O2. The van der Waals surface area contributed by atoms with Crippen LogP contribution in [0, 0.1) is 0 Å². The van der Waals surface area contributed by atoms with E-state index >= 15 is 0 Å². The lowest BCUT2D eigenvalue weighted by Gasteiger charge is -2.23. The first-order chi connectivity index (χ1) is 12.3. The summed E-state index contributed by atoms with van der Waals surface area (Å²) in [5.41, 5.74) is 2.57. The Bertz CT molecular complexity index is 546. The quantitative estimate of drug-likeness (QED) is 0.746. The second kappa shape index (κ2) is 13.3. The van der Waals surface area contributed by atoms with Crippen LogP contribution in [-0.2, 0) is 22.6 Å². The summed E-state index contributed by atoms with van der Waals surface area (Å²) >= 11 is 0. The van der Waals surface area contributed by atoms with Gasteiger partial charge in [-0.25, -0.2) is 0 Å². The minimum absolute atomic E-state index is 0. The zero-order chi connectivity index (χ0) is 17.3. The molecule has 2 heterocycles. The van der Waals surface area contributed by atoms with E-state index in [9.17, 15) is 4.79 Å². The van der Waals surface area contributed by atoms with E-state index in [1.807, 2.05) is 0 Å². The predicted molar refractivity (Wildman–Crippen MR) is 114 cm³/mol. The number of benzene rings is 1. The van der Waals surface area contributed by atoms with Crippen molar-refractivity contribution < 1.29 is 9.53 Å². The molecule has 5 nitrogen and oxygen atoms in total. The smallest absolute Gasteiger partial charge is 0.221 e. The van der Waals surface area contributed by atoms with E-state index in [1.165, 1.54) is 49.9 Å². The molecule has 1 amide bonds. The molecule has 0 bridgehead atoms. The fourth-order valence-electron chi connectivity index (χ4n) is 3.66. The molecular weight excluding hydrogens is 385 g/mol. The molecule has 0 radical (unpaired) electrons. The maximum atomic E-state index is 12.2. The first-order valence-electron chi connectivity index (χ1n) is 9.68. The van der Waals surface area contributed by atoms with Gasteiger partial charge < -0.3 is 15.4 Å². The number of halogens is 2. The molecule has 2 aliphatic heterocycles. The van der Waals surface area contributed by atoms with Crippen LogP contribution in [-0.4, -0.2) is 49.7 Å². The van der Waals surface area contributed by atoms with Crippen molar-refractivity contribution in [2.75, 3.05) is 32.8 Å². The summed E-state index contributed by atoms with van der Waals surface area (Å²) in [7, 11) is 0. The van der Waals surface area contributed by atoms with Gasteiger partial charge in [-0.15, -0.1) is 24.8 Å². The molecule has 154 valence electrons. The van der Waals surface area contributed by atoms with Crippen LogP contribution in [0.5, 0.6) is 0 Å². The van der Waals surface area contributed by atoms with E-state index in [2.05, 4.69) is 39.8 Å². The van der Waals surface area contributed by atoms with Crippen LogP contribution in [0.25, 0.3) is 0 Å². The van der Waals surface area contributed by atoms with Crippen LogP contribution in [0.2, 0.25) is 0 Å². The first-order valence-corrected chi connectivity index (χ1v) is 9.68. The second-order valence-corrected chi connectivity index (χ2v) is 7.17. The van der Waals surface area contributed by atoms with E-state index in [4.69, 9.17) is 4.74 Å². The summed E-state index contributed by atoms with van der Waals surface area (Å²) < 4.78 is 5.41. The molecule has 0 saturated carbocycles. The van der Waals surface area contributed by atoms with E-state index < -0.39 is 0 Å². The van der Waals surface area contributed by atoms with Gasteiger partial charge in [-0.05, 0) is 37.1 Å². The molecule has 2 fully saturated rings. The lowest BCUT2D eigenvalue weighted by Crippen LogP contribution is -2.44. The van der Waals surface area contributed by atoms with E-state index in [0.29, 0.717) is 19.6 Å². The SMILES string of the molecule is Cl.Cl.O=C(CC1COCCN1)NCc1ccccc1CN1CCCCCC1. The van der Waals surface area contributed by atoms with Crippen LogP contribution in [0.3, 0.4) is 0 Å². The van der Waals surface area contributed by atoms with Crippen LogP contribution in [0.4, 0.5) is 0 Å². The molecule has 7 heteroatoms. The van der Waals surface area contributed by atoms with Gasteiger partial charge in [0.2, 0.25) is 5.91 Å². The summed E-state index contributed by atoms with van der Waals surface area (Å²) in [6, 6.07) is 8.63. The third-order valence-corrected chi connectivity index (χ3v) is 5.12. The van der Waals surface area contributed by atoms with Crippen LogP contribution >= 0.6 is 24.8 Å². The van der Waals surface area contributed by atoms with Crippen molar-refractivity contribution in [3.63, 3.8) is 0 Å². The summed E-state index contributed by atoms with van der Waals surface area (Å²) in [5.74, 6) is 0.0903. The highest BCUT2D eigenvalue weighted by Gasteiger charge is 2.17. The van der Waals surface area contributed by atoms with Crippen LogP contribution < -0.4 is 10.6 Å². The number of nitrogens with zero attached hydrogens (tertiary/aromatic N) is 1. The highest BCUT2D eigenvalue weighted by Crippen LogP contribution is 2.16. The number of carbonyl (C=O) groups is 1.